The minimum atomic E-state index is 1.43. The number of hydrogen-bond acceptors (Lipinski definition) is 0. The van der Waals surface area contributed by atoms with Gasteiger partial charge in [-0.15, -0.1) is 0 Å². The summed E-state index contributed by atoms with van der Waals surface area (Å²) in [5.41, 5.74) is 0. The van der Waals surface area contributed by atoms with Crippen LogP contribution in [0, 0.1) is 6.92 Å². The molecule has 0 N–H and O–H groups in total. The molecule has 0 unspecified atom stereocenters. The van der Waals surface area contributed by atoms with Gasteiger partial charge in [-0.05, 0) is 0 Å². The molecule has 0 fully saturated rings. The second-order valence-electron chi connectivity index (χ2n) is 0.595. The third-order valence-electron chi connectivity index (χ3n) is 0.232. The first-order valence-corrected chi connectivity index (χ1v) is 2.78. The molecule has 0 aliphatic heterocycles. The Balaban J connectivity index is 2.92. The zero-order valence-electron chi connectivity index (χ0n) is 2.94. The molecule has 0 aliphatic carbocycles. The zero-order valence-corrected chi connectivity index (χ0v) is 5.40. The van der Waals surface area contributed by atoms with E-state index >= 15 is 0 Å². The van der Waals surface area contributed by atoms with Crippen LogP contribution in [-0.2, 0) is 24.2 Å². The summed E-state index contributed by atoms with van der Waals surface area (Å²) in [7, 11) is 0. The van der Waals surface area contributed by atoms with Crippen LogP contribution >= 0.6 is 0 Å². The molecule has 0 rings (SSSR count). The predicted molar refractivity (Wildman–Crippen MR) is 20.6 cm³/mol. The molecule has 0 amide bonds. The molecule has 0 spiro atoms. The number of rotatable bonds is 1. The molecule has 0 aromatic rings. The molecule has 0 aromatic heterocycles. The molecular weight excluding hydrogens is 139 g/mol. The van der Waals surface area contributed by atoms with E-state index in [1.165, 1.54) is 24.2 Å². The second kappa shape index (κ2) is 4.36. The van der Waals surface area contributed by atoms with Gasteiger partial charge in [0.2, 0.25) is 0 Å². The van der Waals surface area contributed by atoms with Gasteiger partial charge >= 0.3 is 47.0 Å². The van der Waals surface area contributed by atoms with Crippen LogP contribution in [0.2, 0.25) is 0 Å². The van der Waals surface area contributed by atoms with E-state index in [1.807, 2.05) is 9.78 Å². The summed E-state index contributed by atoms with van der Waals surface area (Å²) in [5, 5.41) is 0. The molecule has 0 heterocycles. The van der Waals surface area contributed by atoms with Gasteiger partial charge in [0.1, 0.15) is 0 Å². The number of allylic oxidation sites excluding steroid dienone is 2. The average Bonchev–Trinajstić information content (AvgIpc) is 1.41. The van der Waals surface area contributed by atoms with Gasteiger partial charge in [0.05, 0.1) is 0 Å². The summed E-state index contributed by atoms with van der Waals surface area (Å²) in [5.74, 6) is 0. The molecule has 0 atom stereocenters. The molecule has 0 saturated heterocycles. The van der Waals surface area contributed by atoms with Crippen LogP contribution in [0.4, 0.5) is 0 Å². The quantitative estimate of drug-likeness (QED) is 0.476. The Labute approximate surface area is 47.2 Å². The molecule has 0 bridgehead atoms. The van der Waals surface area contributed by atoms with Gasteiger partial charge in [0.25, 0.3) is 0 Å². The summed E-state index contributed by atoms with van der Waals surface area (Å²) in [6.45, 7) is 3.48. The fourth-order valence-corrected chi connectivity index (χ4v) is 0.403. The third-order valence-corrected chi connectivity index (χ3v) is 0.705. The van der Waals surface area contributed by atoms with Crippen LogP contribution in [-0.4, -0.2) is 3.71 Å². The van der Waals surface area contributed by atoms with Gasteiger partial charge in [-0.1, -0.05) is 0 Å². The van der Waals surface area contributed by atoms with Crippen LogP contribution in [0.15, 0.2) is 12.2 Å². The first kappa shape index (κ1) is 5.36. The van der Waals surface area contributed by atoms with Gasteiger partial charge in [0.15, 0.2) is 0 Å². The van der Waals surface area contributed by atoms with Crippen LogP contribution in [0.3, 0.4) is 0 Å². The zero-order chi connectivity index (χ0) is 4.12. The fraction of sp³-hybridized carbons (Fsp3) is 0. The van der Waals surface area contributed by atoms with Crippen molar-refractivity contribution in [2.45, 2.75) is 0 Å². The summed E-state index contributed by atoms with van der Waals surface area (Å²) in [6.07, 6.45) is 3.70. The van der Waals surface area contributed by atoms with Crippen LogP contribution in [0.1, 0.15) is 0 Å². The van der Waals surface area contributed by atoms with Crippen molar-refractivity contribution in [2.75, 3.05) is 0 Å². The van der Waals surface area contributed by atoms with E-state index in [1.54, 1.807) is 6.08 Å². The fourth-order valence-electron chi connectivity index (χ4n) is 0.0680. The Bertz CT molecular complexity index is 45.6. The van der Waals surface area contributed by atoms with Gasteiger partial charge < -0.3 is 0 Å². The molecule has 5 heavy (non-hydrogen) atoms. The summed E-state index contributed by atoms with van der Waals surface area (Å²) >= 11 is 1.43. The Kier molecular flexibility index (Phi) is 4.68. The van der Waals surface area contributed by atoms with Crippen LogP contribution in [0.5, 0.6) is 0 Å². The standard InChI is InChI=1S/C4H5.Zr/c1-3-4-2;/h1,3-4H,2H2;/q-1;. The first-order valence-electron chi connectivity index (χ1n) is 1.36. The second-order valence-corrected chi connectivity index (χ2v) is 1.41. The summed E-state index contributed by atoms with van der Waals surface area (Å²) in [6, 6.07) is 0. The summed E-state index contributed by atoms with van der Waals surface area (Å²) in [4.78, 5) is 0. The van der Waals surface area contributed by atoms with Crippen molar-refractivity contribution < 1.29 is 24.2 Å². The topological polar surface area (TPSA) is 0 Å². The normalized spacial score (nSPS) is 8.60. The maximum atomic E-state index is 3.48. The van der Waals surface area contributed by atoms with E-state index in [-0.39, 0.29) is 0 Å². The molecular formula is C4H5Zr-. The first-order chi connectivity index (χ1) is 2.41. The van der Waals surface area contributed by atoms with Gasteiger partial charge in [-0.25, -0.2) is 0 Å². The van der Waals surface area contributed by atoms with Crippen molar-refractivity contribution in [3.63, 3.8) is 0 Å². The maximum absolute atomic E-state index is 3.48. The molecule has 0 radical (unpaired) electrons. The number of hydrogen-bond donors (Lipinski definition) is 0. The Morgan fingerprint density at radius 3 is 2.20 bits per heavy atom. The van der Waals surface area contributed by atoms with Gasteiger partial charge in [-0.2, -0.15) is 0 Å². The van der Waals surface area contributed by atoms with E-state index < -0.39 is 0 Å². The van der Waals surface area contributed by atoms with E-state index in [0.29, 0.717) is 0 Å². The van der Waals surface area contributed by atoms with Crippen molar-refractivity contribution in [3.05, 3.63) is 19.1 Å². The van der Waals surface area contributed by atoms with Gasteiger partial charge in [0, 0.05) is 0 Å². The molecule has 0 saturated carbocycles. The monoisotopic (exact) mass is 143 g/mol. The SMILES string of the molecule is [CH2-]C=C[CH]=[Zr]. The molecule has 1 heteroatoms. The molecule has 0 aliphatic rings. The Morgan fingerprint density at radius 1 is 1.60 bits per heavy atom. The van der Waals surface area contributed by atoms with E-state index in [2.05, 4.69) is 6.92 Å². The molecule has 0 aromatic carbocycles. The third kappa shape index (κ3) is 4.36. The summed E-state index contributed by atoms with van der Waals surface area (Å²) < 4.78 is 2.03. The van der Waals surface area contributed by atoms with Crippen molar-refractivity contribution in [3.8, 4) is 0 Å². The Hall–Kier alpha value is 0.363. The van der Waals surface area contributed by atoms with Crippen molar-refractivity contribution in [1.82, 2.24) is 0 Å². The molecule has 26 valence electrons. The van der Waals surface area contributed by atoms with E-state index in [9.17, 15) is 0 Å². The van der Waals surface area contributed by atoms with Crippen LogP contribution < -0.4 is 0 Å². The minimum absolute atomic E-state index is 1.43. The van der Waals surface area contributed by atoms with Crippen molar-refractivity contribution in [1.29, 1.82) is 0 Å². The van der Waals surface area contributed by atoms with E-state index in [0.717, 1.165) is 0 Å². The Morgan fingerprint density at radius 2 is 2.20 bits per heavy atom. The van der Waals surface area contributed by atoms with Crippen molar-refractivity contribution in [2.24, 2.45) is 0 Å². The predicted octanol–water partition coefficient (Wildman–Crippen LogP) is 0.726. The molecule has 0 nitrogen and oxygen atoms in total. The van der Waals surface area contributed by atoms with E-state index in [4.69, 9.17) is 0 Å². The van der Waals surface area contributed by atoms with Crippen molar-refractivity contribution >= 4 is 3.71 Å². The van der Waals surface area contributed by atoms with Gasteiger partial charge in [-0.3, -0.25) is 0 Å². The van der Waals surface area contributed by atoms with Crippen LogP contribution in [0.25, 0.3) is 0 Å². The average molecular weight is 144 g/mol.